The van der Waals surface area contributed by atoms with Crippen molar-refractivity contribution in [3.63, 3.8) is 0 Å². The Balaban J connectivity index is 1.26. The number of rotatable bonds is 5. The van der Waals surface area contributed by atoms with Crippen LogP contribution in [0.3, 0.4) is 0 Å². The molecule has 5 heterocycles. The second kappa shape index (κ2) is 10.2. The fourth-order valence-corrected chi connectivity index (χ4v) is 8.33. The minimum atomic E-state index is -0.436. The van der Waals surface area contributed by atoms with Crippen molar-refractivity contribution >= 4 is 27.5 Å². The average Bonchev–Trinajstić information content (AvgIpc) is 3.69. The monoisotopic (exact) mass is 561 g/mol. The third-order valence-corrected chi connectivity index (χ3v) is 10.3. The first-order valence-electron chi connectivity index (χ1n) is 15.6. The van der Waals surface area contributed by atoms with E-state index in [1.165, 1.54) is 32.1 Å². The van der Waals surface area contributed by atoms with Gasteiger partial charge in [-0.25, -0.2) is 4.39 Å². The van der Waals surface area contributed by atoms with E-state index < -0.39 is 5.82 Å². The lowest BCUT2D eigenvalue weighted by molar-refractivity contribution is 0.108. The van der Waals surface area contributed by atoms with Gasteiger partial charge in [-0.15, -0.1) is 5.92 Å². The predicted molar refractivity (Wildman–Crippen MR) is 164 cm³/mol. The van der Waals surface area contributed by atoms with Crippen LogP contribution in [-0.4, -0.2) is 58.2 Å². The molecule has 2 bridgehead atoms. The molecule has 0 N–H and O–H groups in total. The van der Waals surface area contributed by atoms with Crippen molar-refractivity contribution in [2.45, 2.75) is 57.4 Å². The Bertz CT molecular complexity index is 1730. The standard InChI is InChI=1S/C35H36FN5O/c1-2-7-25-8-3-9-26-10-4-11-27(29(25)26)31-30(36)32-28(19-37-31)33(40-20-23-12-13-24(18-23)21-40)39-34(38-32)42-22-35-14-5-16-41(35)17-6-15-35/h3-4,8-11,19,23-24H,5-6,12-18,20-22H2,1H3. The molecule has 4 fully saturated rings. The Morgan fingerprint density at radius 2 is 1.79 bits per heavy atom. The highest BCUT2D eigenvalue weighted by Gasteiger charge is 2.45. The van der Waals surface area contributed by atoms with Crippen LogP contribution >= 0.6 is 0 Å². The summed E-state index contributed by atoms with van der Waals surface area (Å²) < 4.78 is 23.2. The Labute approximate surface area is 246 Å². The van der Waals surface area contributed by atoms with Crippen molar-refractivity contribution in [3.8, 4) is 29.1 Å². The number of pyridine rings is 1. The summed E-state index contributed by atoms with van der Waals surface area (Å²) in [6.45, 7) is 6.49. The molecule has 7 heteroatoms. The lowest BCUT2D eigenvalue weighted by Crippen LogP contribution is -2.43. The molecule has 2 aromatic heterocycles. The minimum absolute atomic E-state index is 0.0599. The molecule has 3 saturated heterocycles. The van der Waals surface area contributed by atoms with E-state index in [0.29, 0.717) is 23.8 Å². The van der Waals surface area contributed by atoms with Crippen LogP contribution < -0.4 is 9.64 Å². The average molecular weight is 562 g/mol. The quantitative estimate of drug-likeness (QED) is 0.256. The van der Waals surface area contributed by atoms with Gasteiger partial charge in [-0.1, -0.05) is 36.3 Å². The van der Waals surface area contributed by atoms with Gasteiger partial charge in [0.25, 0.3) is 0 Å². The molecule has 1 saturated carbocycles. The van der Waals surface area contributed by atoms with Gasteiger partial charge in [-0.05, 0) is 88.2 Å². The second-order valence-electron chi connectivity index (χ2n) is 12.8. The number of nitrogens with zero attached hydrogens (tertiary/aromatic N) is 5. The molecular formula is C35H36FN5O. The number of fused-ring (bicyclic) bond motifs is 5. The molecule has 1 aliphatic carbocycles. The van der Waals surface area contributed by atoms with E-state index in [4.69, 9.17) is 19.7 Å². The summed E-state index contributed by atoms with van der Waals surface area (Å²) in [6.07, 6.45) is 10.2. The molecule has 2 aromatic carbocycles. The molecule has 6 nitrogen and oxygen atoms in total. The number of ether oxygens (including phenoxy) is 1. The van der Waals surface area contributed by atoms with Crippen LogP contribution in [0.1, 0.15) is 57.4 Å². The minimum Gasteiger partial charge on any atom is -0.461 e. The predicted octanol–water partition coefficient (Wildman–Crippen LogP) is 6.60. The third kappa shape index (κ3) is 4.22. The lowest BCUT2D eigenvalue weighted by atomic mass is 9.95. The number of hydrogen-bond acceptors (Lipinski definition) is 6. The number of hydrogen-bond donors (Lipinski definition) is 0. The van der Waals surface area contributed by atoms with Crippen LogP contribution in [0.5, 0.6) is 6.01 Å². The van der Waals surface area contributed by atoms with Gasteiger partial charge in [0.05, 0.1) is 10.9 Å². The first kappa shape index (κ1) is 25.9. The summed E-state index contributed by atoms with van der Waals surface area (Å²) in [5.74, 6) is 7.84. The second-order valence-corrected chi connectivity index (χ2v) is 12.8. The summed E-state index contributed by atoms with van der Waals surface area (Å²) in [5, 5.41) is 2.56. The highest BCUT2D eigenvalue weighted by Crippen LogP contribution is 2.42. The van der Waals surface area contributed by atoms with Crippen molar-refractivity contribution < 1.29 is 9.13 Å². The number of aromatic nitrogens is 3. The Hall–Kier alpha value is -3.76. The first-order chi connectivity index (χ1) is 20.6. The fraction of sp³-hybridized carbons (Fsp3) is 0.457. The topological polar surface area (TPSA) is 54.4 Å². The molecule has 42 heavy (non-hydrogen) atoms. The number of benzene rings is 2. The van der Waals surface area contributed by atoms with E-state index in [-0.39, 0.29) is 22.8 Å². The van der Waals surface area contributed by atoms with Gasteiger partial charge in [0.2, 0.25) is 0 Å². The van der Waals surface area contributed by atoms with Gasteiger partial charge in [0.1, 0.15) is 23.6 Å². The zero-order valence-corrected chi connectivity index (χ0v) is 24.2. The number of halogens is 1. The maximum atomic E-state index is 16.8. The molecule has 8 rings (SSSR count). The Kier molecular flexibility index (Phi) is 6.29. The summed E-state index contributed by atoms with van der Waals surface area (Å²) in [6, 6.07) is 12.2. The molecule has 0 spiro atoms. The van der Waals surface area contributed by atoms with E-state index >= 15 is 4.39 Å². The van der Waals surface area contributed by atoms with Crippen LogP contribution in [0.15, 0.2) is 42.6 Å². The molecule has 4 aromatic rings. The molecule has 0 radical (unpaired) electrons. The molecule has 2 atom stereocenters. The van der Waals surface area contributed by atoms with Gasteiger partial charge in [0.15, 0.2) is 5.82 Å². The third-order valence-electron chi connectivity index (χ3n) is 10.3. The molecule has 3 aliphatic heterocycles. The highest BCUT2D eigenvalue weighted by atomic mass is 19.1. The molecular weight excluding hydrogens is 525 g/mol. The largest absolute Gasteiger partial charge is 0.461 e. The number of anilines is 1. The van der Waals surface area contributed by atoms with E-state index in [0.717, 1.165) is 66.7 Å². The highest BCUT2D eigenvalue weighted by molar-refractivity contribution is 6.02. The van der Waals surface area contributed by atoms with Crippen LogP contribution in [0.2, 0.25) is 0 Å². The van der Waals surface area contributed by atoms with E-state index in [9.17, 15) is 0 Å². The van der Waals surface area contributed by atoms with Crippen molar-refractivity contribution in [3.05, 3.63) is 54.0 Å². The van der Waals surface area contributed by atoms with Crippen LogP contribution in [0.25, 0.3) is 32.9 Å². The summed E-state index contributed by atoms with van der Waals surface area (Å²) in [5.41, 5.74) is 2.20. The van der Waals surface area contributed by atoms with E-state index in [1.807, 2.05) is 43.3 Å². The Morgan fingerprint density at radius 3 is 2.55 bits per heavy atom. The lowest BCUT2D eigenvalue weighted by Gasteiger charge is -2.34. The molecule has 214 valence electrons. The van der Waals surface area contributed by atoms with Crippen molar-refractivity contribution in [2.24, 2.45) is 11.8 Å². The fourth-order valence-electron chi connectivity index (χ4n) is 8.33. The van der Waals surface area contributed by atoms with Gasteiger partial charge in [0, 0.05) is 35.8 Å². The van der Waals surface area contributed by atoms with Crippen molar-refractivity contribution in [2.75, 3.05) is 37.7 Å². The van der Waals surface area contributed by atoms with E-state index in [2.05, 4.69) is 21.6 Å². The van der Waals surface area contributed by atoms with Gasteiger partial charge < -0.3 is 9.64 Å². The van der Waals surface area contributed by atoms with Crippen LogP contribution in [0.4, 0.5) is 10.2 Å². The number of piperidine rings is 1. The van der Waals surface area contributed by atoms with Gasteiger partial charge in [-0.2, -0.15) is 9.97 Å². The maximum Gasteiger partial charge on any atom is 0.319 e. The summed E-state index contributed by atoms with van der Waals surface area (Å²) in [7, 11) is 0. The van der Waals surface area contributed by atoms with Crippen LogP contribution in [-0.2, 0) is 0 Å². The molecule has 0 amide bonds. The molecule has 2 unspecified atom stereocenters. The zero-order chi connectivity index (χ0) is 28.3. The normalized spacial score (nSPS) is 22.9. The van der Waals surface area contributed by atoms with Crippen molar-refractivity contribution in [1.82, 2.24) is 19.9 Å². The summed E-state index contributed by atoms with van der Waals surface area (Å²) >= 11 is 0. The van der Waals surface area contributed by atoms with Crippen molar-refractivity contribution in [1.29, 1.82) is 0 Å². The first-order valence-corrected chi connectivity index (χ1v) is 15.6. The van der Waals surface area contributed by atoms with E-state index in [1.54, 1.807) is 6.20 Å². The summed E-state index contributed by atoms with van der Waals surface area (Å²) in [4.78, 5) is 19.4. The van der Waals surface area contributed by atoms with Gasteiger partial charge in [-0.3, -0.25) is 9.88 Å². The molecule has 4 aliphatic rings. The Morgan fingerprint density at radius 1 is 1.02 bits per heavy atom. The smallest absolute Gasteiger partial charge is 0.319 e. The maximum absolute atomic E-state index is 16.8. The van der Waals surface area contributed by atoms with Gasteiger partial charge >= 0.3 is 6.01 Å². The van der Waals surface area contributed by atoms with Crippen LogP contribution in [0, 0.1) is 29.5 Å². The zero-order valence-electron chi connectivity index (χ0n) is 24.2. The SMILES string of the molecule is CC#Cc1cccc2cccc(-c3ncc4c(N5CC6CCC(C6)C5)nc(OCC56CCCN5CCC6)nc4c3F)c12.